The number of rotatable bonds is 4. The van der Waals surface area contributed by atoms with Crippen LogP contribution in [0.1, 0.15) is 24.1 Å². The van der Waals surface area contributed by atoms with Gasteiger partial charge >= 0.3 is 0 Å². The molecule has 0 saturated heterocycles. The summed E-state index contributed by atoms with van der Waals surface area (Å²) >= 11 is 6.02. The predicted molar refractivity (Wildman–Crippen MR) is 93.0 cm³/mol. The van der Waals surface area contributed by atoms with Gasteiger partial charge in [-0.3, -0.25) is 4.79 Å². The minimum atomic E-state index is -0.135. The Balaban J connectivity index is 1.87. The Morgan fingerprint density at radius 1 is 1.33 bits per heavy atom. The summed E-state index contributed by atoms with van der Waals surface area (Å²) in [6, 6.07) is 7.94. The molecule has 0 amide bonds. The molecule has 0 atom stereocenters. The maximum Gasteiger partial charge on any atom is 0.292 e. The summed E-state index contributed by atoms with van der Waals surface area (Å²) in [5.74, 6) is 0.549. The molecule has 1 aliphatic heterocycles. The number of nitrogens with one attached hydrogen (secondary N) is 1. The van der Waals surface area contributed by atoms with E-state index in [1.54, 1.807) is 0 Å². The zero-order valence-corrected chi connectivity index (χ0v) is 14.2. The first kappa shape index (κ1) is 15.5. The molecule has 2 aromatic rings. The first-order valence-electron chi connectivity index (χ1n) is 8.14. The van der Waals surface area contributed by atoms with E-state index < -0.39 is 0 Å². The highest BCUT2D eigenvalue weighted by Crippen LogP contribution is 2.37. The first-order chi connectivity index (χ1) is 11.7. The second-order valence-electron chi connectivity index (χ2n) is 6.12. The minimum Gasteiger partial charge on any atom is -0.411 e. The van der Waals surface area contributed by atoms with E-state index in [2.05, 4.69) is 10.2 Å². The quantitative estimate of drug-likeness (QED) is 0.916. The fraction of sp³-hybridized carbons (Fsp3) is 0.412. The Labute approximate surface area is 145 Å². The highest BCUT2D eigenvalue weighted by molar-refractivity contribution is 6.30. The van der Waals surface area contributed by atoms with Crippen molar-refractivity contribution < 1.29 is 4.84 Å². The van der Waals surface area contributed by atoms with Gasteiger partial charge in [-0.05, 0) is 37.1 Å². The van der Waals surface area contributed by atoms with Crippen LogP contribution in [-0.2, 0) is 13.0 Å². The number of anilines is 2. The predicted octanol–water partition coefficient (Wildman–Crippen LogP) is 1.90. The summed E-state index contributed by atoms with van der Waals surface area (Å²) in [5.41, 5.74) is 2.39. The van der Waals surface area contributed by atoms with Crippen molar-refractivity contribution in [3.63, 3.8) is 0 Å². The largest absolute Gasteiger partial charge is 0.411 e. The number of nitrogens with zero attached hydrogens (tertiary/aromatic N) is 3. The van der Waals surface area contributed by atoms with Crippen molar-refractivity contribution in [3.05, 3.63) is 50.9 Å². The second-order valence-corrected chi connectivity index (χ2v) is 6.56. The summed E-state index contributed by atoms with van der Waals surface area (Å²) in [4.78, 5) is 25.1. The number of fused-ring (bicyclic) bond motifs is 1. The molecule has 0 radical (unpaired) electrons. The van der Waals surface area contributed by atoms with Crippen LogP contribution in [0.4, 0.5) is 11.6 Å². The third kappa shape index (κ3) is 2.65. The van der Waals surface area contributed by atoms with Gasteiger partial charge in [-0.25, -0.2) is 4.98 Å². The molecule has 4 rings (SSSR count). The van der Waals surface area contributed by atoms with Crippen molar-refractivity contribution in [1.29, 1.82) is 0 Å². The van der Waals surface area contributed by atoms with Crippen LogP contribution in [0.5, 0.6) is 0 Å². The van der Waals surface area contributed by atoms with Crippen molar-refractivity contribution >= 4 is 23.2 Å². The molecule has 1 aromatic heterocycles. The van der Waals surface area contributed by atoms with Gasteiger partial charge in [0.15, 0.2) is 0 Å². The monoisotopic (exact) mass is 346 g/mol. The molecular formula is C17H19ClN4O2. The summed E-state index contributed by atoms with van der Waals surface area (Å²) < 4.78 is 1.30. The van der Waals surface area contributed by atoms with E-state index in [-0.39, 0.29) is 5.56 Å². The maximum absolute atomic E-state index is 12.8. The summed E-state index contributed by atoms with van der Waals surface area (Å²) in [5, 5.41) is 3.90. The lowest BCUT2D eigenvalue weighted by Gasteiger charge is -2.27. The Bertz CT molecular complexity index is 815. The van der Waals surface area contributed by atoms with Crippen LogP contribution >= 0.6 is 11.6 Å². The summed E-state index contributed by atoms with van der Waals surface area (Å²) in [6.45, 7) is 1.37. The Morgan fingerprint density at radius 3 is 2.75 bits per heavy atom. The third-order valence-corrected chi connectivity index (χ3v) is 4.71. The average molecular weight is 347 g/mol. The van der Waals surface area contributed by atoms with Crippen LogP contribution in [0.3, 0.4) is 0 Å². The van der Waals surface area contributed by atoms with Crippen LogP contribution in [-0.4, -0.2) is 29.4 Å². The molecule has 0 unspecified atom stereocenters. The second kappa shape index (κ2) is 6.11. The van der Waals surface area contributed by atoms with Crippen LogP contribution in [0, 0.1) is 0 Å². The van der Waals surface area contributed by atoms with Gasteiger partial charge in [-0.15, -0.1) is 4.73 Å². The lowest BCUT2D eigenvalue weighted by atomic mass is 10.1. The van der Waals surface area contributed by atoms with Crippen molar-refractivity contribution in [3.8, 4) is 0 Å². The molecular weight excluding hydrogens is 328 g/mol. The molecule has 1 aromatic carbocycles. The summed E-state index contributed by atoms with van der Waals surface area (Å²) in [6.07, 6.45) is 2.89. The van der Waals surface area contributed by atoms with Crippen molar-refractivity contribution in [2.75, 3.05) is 18.6 Å². The van der Waals surface area contributed by atoms with Gasteiger partial charge in [-0.2, -0.15) is 0 Å². The Morgan fingerprint density at radius 2 is 2.08 bits per heavy atom. The topological polar surface area (TPSA) is 59.4 Å². The number of halogens is 1. The fourth-order valence-electron chi connectivity index (χ4n) is 3.12. The fourth-order valence-corrected chi connectivity index (χ4v) is 3.24. The normalized spacial score (nSPS) is 16.6. The molecule has 0 bridgehead atoms. The Hall–Kier alpha value is -2.05. The van der Waals surface area contributed by atoms with Gasteiger partial charge in [0.25, 0.3) is 5.56 Å². The minimum absolute atomic E-state index is 0.135. The molecule has 2 heterocycles. The SMILES string of the molecule is COn1c(N(c2ccc(Cl)cc2)C2CC2)nc2c(c1=O)CNCC2. The van der Waals surface area contributed by atoms with Gasteiger partial charge in [0.1, 0.15) is 7.11 Å². The van der Waals surface area contributed by atoms with Crippen molar-refractivity contribution in [2.24, 2.45) is 0 Å². The van der Waals surface area contributed by atoms with Crippen LogP contribution in [0.2, 0.25) is 5.02 Å². The molecule has 7 heteroatoms. The molecule has 1 saturated carbocycles. The van der Waals surface area contributed by atoms with E-state index in [0.29, 0.717) is 29.1 Å². The van der Waals surface area contributed by atoms with Crippen molar-refractivity contribution in [2.45, 2.75) is 31.8 Å². The van der Waals surface area contributed by atoms with E-state index in [4.69, 9.17) is 21.4 Å². The van der Waals surface area contributed by atoms with E-state index in [1.165, 1.54) is 11.8 Å². The smallest absolute Gasteiger partial charge is 0.292 e. The van der Waals surface area contributed by atoms with Gasteiger partial charge in [0, 0.05) is 36.3 Å². The lowest BCUT2D eigenvalue weighted by molar-refractivity contribution is 0.155. The van der Waals surface area contributed by atoms with Gasteiger partial charge in [0.2, 0.25) is 5.95 Å². The molecule has 126 valence electrons. The van der Waals surface area contributed by atoms with Crippen molar-refractivity contribution in [1.82, 2.24) is 15.0 Å². The number of hydrogen-bond donors (Lipinski definition) is 1. The van der Waals surface area contributed by atoms with Crippen LogP contribution in [0.15, 0.2) is 29.1 Å². The molecule has 24 heavy (non-hydrogen) atoms. The van der Waals surface area contributed by atoms with Crippen LogP contribution in [0.25, 0.3) is 0 Å². The number of hydrogen-bond acceptors (Lipinski definition) is 5. The maximum atomic E-state index is 12.8. The standard InChI is InChI=1S/C17H19ClN4O2/c1-24-22-16(23)14-10-19-9-8-15(14)20-17(22)21(13-6-7-13)12-4-2-11(18)3-5-12/h2-5,13,19H,6-10H2,1H3. The van der Waals surface area contributed by atoms with Gasteiger partial charge in [-0.1, -0.05) is 11.6 Å². The highest BCUT2D eigenvalue weighted by Gasteiger charge is 2.34. The zero-order chi connectivity index (χ0) is 16.7. The molecule has 6 nitrogen and oxygen atoms in total. The lowest BCUT2D eigenvalue weighted by Crippen LogP contribution is -2.40. The molecule has 1 fully saturated rings. The first-order valence-corrected chi connectivity index (χ1v) is 8.51. The van der Waals surface area contributed by atoms with E-state index >= 15 is 0 Å². The molecule has 1 N–H and O–H groups in total. The third-order valence-electron chi connectivity index (χ3n) is 4.46. The summed E-state index contributed by atoms with van der Waals surface area (Å²) in [7, 11) is 1.50. The number of aromatic nitrogens is 2. The zero-order valence-electron chi connectivity index (χ0n) is 13.5. The van der Waals surface area contributed by atoms with Gasteiger partial charge < -0.3 is 15.1 Å². The van der Waals surface area contributed by atoms with Gasteiger partial charge in [0.05, 0.1) is 11.3 Å². The highest BCUT2D eigenvalue weighted by atomic mass is 35.5. The average Bonchev–Trinajstić information content (AvgIpc) is 3.42. The van der Waals surface area contributed by atoms with E-state index in [1.807, 2.05) is 24.3 Å². The molecule has 1 aliphatic carbocycles. The number of benzene rings is 1. The van der Waals surface area contributed by atoms with E-state index in [0.717, 1.165) is 37.2 Å². The molecule has 2 aliphatic rings. The van der Waals surface area contributed by atoms with E-state index in [9.17, 15) is 4.79 Å². The Kier molecular flexibility index (Phi) is 3.94. The van der Waals surface area contributed by atoms with Crippen LogP contribution < -0.4 is 20.6 Å². The molecule has 0 spiro atoms.